The van der Waals surface area contributed by atoms with Gasteiger partial charge < -0.3 is 28.9 Å². The van der Waals surface area contributed by atoms with E-state index in [0.717, 1.165) is 29.9 Å². The highest BCUT2D eigenvalue weighted by Crippen LogP contribution is 2.35. The number of nitrogens with zero attached hydrogens (tertiary/aromatic N) is 1. The first kappa shape index (κ1) is 24.3. The highest BCUT2D eigenvalue weighted by Gasteiger charge is 2.18. The summed E-state index contributed by atoms with van der Waals surface area (Å²) in [5, 5.41) is 0. The van der Waals surface area contributed by atoms with Gasteiger partial charge in [-0.2, -0.15) is 0 Å². The fraction of sp³-hybridized carbons (Fsp3) is 0.429. The largest absolute Gasteiger partial charge is 0.497 e. The Bertz CT molecular complexity index is 825. The van der Waals surface area contributed by atoms with Gasteiger partial charge in [0.05, 0.1) is 7.11 Å². The maximum Gasteiger partial charge on any atom is 0.471 e. The van der Waals surface area contributed by atoms with Gasteiger partial charge in [-0.3, -0.25) is 4.52 Å². The van der Waals surface area contributed by atoms with Crippen molar-refractivity contribution < 1.29 is 33.1 Å². The number of phosphoric ester groups is 1. The summed E-state index contributed by atoms with van der Waals surface area (Å²) < 4.78 is 31.9. The van der Waals surface area contributed by atoms with Crippen molar-refractivity contribution in [3.63, 3.8) is 0 Å². The number of hydrogen-bond acceptors (Lipinski definition) is 6. The van der Waals surface area contributed by atoms with Gasteiger partial charge >= 0.3 is 7.82 Å². The molecule has 0 unspecified atom stereocenters. The summed E-state index contributed by atoms with van der Waals surface area (Å²) in [5.74, 6) is 1.59. The Hall–Kier alpha value is -1.93. The van der Waals surface area contributed by atoms with Crippen LogP contribution >= 0.6 is 7.82 Å². The van der Waals surface area contributed by atoms with Crippen molar-refractivity contribution in [1.82, 2.24) is 4.90 Å². The fourth-order valence-corrected chi connectivity index (χ4v) is 3.10. The molecule has 0 aromatic heterocycles. The first-order valence-electron chi connectivity index (χ1n) is 9.57. The lowest BCUT2D eigenvalue weighted by Gasteiger charge is -2.22. The van der Waals surface area contributed by atoms with Crippen LogP contribution in [0.4, 0.5) is 0 Å². The van der Waals surface area contributed by atoms with Gasteiger partial charge in [-0.05, 0) is 56.3 Å². The second-order valence-electron chi connectivity index (χ2n) is 7.06. The molecule has 0 aliphatic carbocycles. The third-order valence-electron chi connectivity index (χ3n) is 4.31. The molecular formula is C21H30NO7P. The number of aryl methyl sites for hydroxylation is 2. The van der Waals surface area contributed by atoms with E-state index in [0.29, 0.717) is 6.54 Å². The average molecular weight is 439 g/mol. The van der Waals surface area contributed by atoms with Crippen LogP contribution in [0.1, 0.15) is 11.1 Å². The number of benzene rings is 2. The Morgan fingerprint density at radius 1 is 1.07 bits per heavy atom. The molecule has 30 heavy (non-hydrogen) atoms. The molecule has 0 radical (unpaired) electrons. The lowest BCUT2D eigenvalue weighted by atomic mass is 10.0. The van der Waals surface area contributed by atoms with Crippen LogP contribution in [-0.2, 0) is 26.7 Å². The minimum absolute atomic E-state index is 0.221. The molecule has 0 saturated carbocycles. The van der Waals surface area contributed by atoms with Gasteiger partial charge in [0.1, 0.15) is 24.2 Å². The molecule has 2 N–H and O–H groups in total. The van der Waals surface area contributed by atoms with Crippen LogP contribution in [0.15, 0.2) is 48.5 Å². The molecule has 0 bridgehead atoms. The molecule has 0 aliphatic rings. The summed E-state index contributed by atoms with van der Waals surface area (Å²) in [6.07, 6.45) is 1.22. The molecule has 9 heteroatoms. The molecule has 1 atom stereocenters. The summed E-state index contributed by atoms with van der Waals surface area (Å²) >= 11 is 0. The number of likely N-dealkylation sites (N-methyl/N-ethyl adjacent to an activating group) is 1. The van der Waals surface area contributed by atoms with Crippen molar-refractivity contribution in [2.75, 3.05) is 41.1 Å². The number of phosphoric acid groups is 1. The second-order valence-corrected chi connectivity index (χ2v) is 8.30. The number of ether oxygens (including phenoxy) is 3. The van der Waals surface area contributed by atoms with Crippen LogP contribution < -0.4 is 9.47 Å². The highest BCUT2D eigenvalue weighted by molar-refractivity contribution is 7.46. The maximum absolute atomic E-state index is 10.8. The molecule has 8 nitrogen and oxygen atoms in total. The Morgan fingerprint density at radius 3 is 2.53 bits per heavy atom. The zero-order valence-electron chi connectivity index (χ0n) is 17.6. The Balaban J connectivity index is 1.96. The zero-order chi connectivity index (χ0) is 22.0. The quantitative estimate of drug-likeness (QED) is 0.363. The number of para-hydroxylation sites is 1. The highest BCUT2D eigenvalue weighted by atomic mass is 31.2. The lowest BCUT2D eigenvalue weighted by Crippen LogP contribution is -2.34. The smallest absolute Gasteiger partial charge is 0.471 e. The van der Waals surface area contributed by atoms with E-state index in [1.165, 1.54) is 5.56 Å². The van der Waals surface area contributed by atoms with Crippen LogP contribution in [-0.4, -0.2) is 61.9 Å². The van der Waals surface area contributed by atoms with E-state index in [9.17, 15) is 4.57 Å². The van der Waals surface area contributed by atoms with Crippen LogP contribution in [0.25, 0.3) is 0 Å². The molecule has 0 saturated heterocycles. The Kier molecular flexibility index (Phi) is 9.78. The van der Waals surface area contributed by atoms with Gasteiger partial charge in [-0.25, -0.2) is 4.57 Å². The van der Waals surface area contributed by atoms with E-state index in [2.05, 4.69) is 10.6 Å². The van der Waals surface area contributed by atoms with E-state index in [1.807, 2.05) is 61.5 Å². The van der Waals surface area contributed by atoms with Gasteiger partial charge in [0.2, 0.25) is 0 Å². The summed E-state index contributed by atoms with van der Waals surface area (Å²) in [7, 11) is 0.833. The Labute approximate surface area is 177 Å². The second kappa shape index (κ2) is 12.1. The van der Waals surface area contributed by atoms with E-state index in [-0.39, 0.29) is 6.61 Å². The van der Waals surface area contributed by atoms with Crippen LogP contribution in [0, 0.1) is 0 Å². The molecule has 0 amide bonds. The molecular weight excluding hydrogens is 409 g/mol. The SMILES string of the molecule is COc1cccc(CCc2ccccc2OC[C@@H](CN(C)C)OCOP(=O)(O)O)c1. The standard InChI is InChI=1S/C21H30NO7P/c1-22(2)14-20(28-16-29-30(23,24)25)15-27-21-10-5-4-8-18(21)12-11-17-7-6-9-19(13-17)26-3/h4-10,13,20H,11-12,14-16H2,1-3H3,(H2,23,24,25)/t20-/m1/s1. The first-order valence-corrected chi connectivity index (χ1v) is 11.1. The predicted molar refractivity (Wildman–Crippen MR) is 114 cm³/mol. The van der Waals surface area contributed by atoms with Gasteiger partial charge in [0.25, 0.3) is 0 Å². The summed E-state index contributed by atoms with van der Waals surface area (Å²) in [5.41, 5.74) is 2.24. The number of hydrogen-bond donors (Lipinski definition) is 2. The monoisotopic (exact) mass is 439 g/mol. The third-order valence-corrected chi connectivity index (χ3v) is 4.75. The lowest BCUT2D eigenvalue weighted by molar-refractivity contribution is -0.0687. The maximum atomic E-state index is 10.8. The topological polar surface area (TPSA) is 97.7 Å². The van der Waals surface area contributed by atoms with Crippen molar-refractivity contribution in [2.24, 2.45) is 0 Å². The molecule has 0 aliphatic heterocycles. The van der Waals surface area contributed by atoms with E-state index in [1.54, 1.807) is 7.11 Å². The molecule has 2 rings (SSSR count). The van der Waals surface area contributed by atoms with Crippen molar-refractivity contribution >= 4 is 7.82 Å². The van der Waals surface area contributed by atoms with Gasteiger partial charge in [-0.1, -0.05) is 30.3 Å². The van der Waals surface area contributed by atoms with Gasteiger partial charge in [-0.15, -0.1) is 0 Å². The molecule has 2 aromatic carbocycles. The summed E-state index contributed by atoms with van der Waals surface area (Å²) in [6, 6.07) is 15.8. The molecule has 0 spiro atoms. The molecule has 2 aromatic rings. The van der Waals surface area contributed by atoms with Crippen LogP contribution in [0.3, 0.4) is 0 Å². The normalized spacial score (nSPS) is 12.7. The zero-order valence-corrected chi connectivity index (χ0v) is 18.5. The average Bonchev–Trinajstić information content (AvgIpc) is 2.69. The van der Waals surface area contributed by atoms with Gasteiger partial charge in [0, 0.05) is 6.54 Å². The third kappa shape index (κ3) is 9.26. The van der Waals surface area contributed by atoms with Crippen molar-refractivity contribution in [3.05, 3.63) is 59.7 Å². The van der Waals surface area contributed by atoms with Gasteiger partial charge in [0.15, 0.2) is 6.79 Å². The predicted octanol–water partition coefficient (Wildman–Crippen LogP) is 2.87. The molecule has 166 valence electrons. The van der Waals surface area contributed by atoms with Crippen molar-refractivity contribution in [3.8, 4) is 11.5 Å². The van der Waals surface area contributed by atoms with Crippen LogP contribution in [0.5, 0.6) is 11.5 Å². The van der Waals surface area contributed by atoms with Crippen molar-refractivity contribution in [2.45, 2.75) is 18.9 Å². The van der Waals surface area contributed by atoms with E-state index < -0.39 is 20.7 Å². The minimum atomic E-state index is -4.57. The fourth-order valence-electron chi connectivity index (χ4n) is 2.90. The van der Waals surface area contributed by atoms with E-state index in [4.69, 9.17) is 24.0 Å². The van der Waals surface area contributed by atoms with E-state index >= 15 is 0 Å². The van der Waals surface area contributed by atoms with Crippen LogP contribution in [0.2, 0.25) is 0 Å². The first-order chi connectivity index (χ1) is 14.3. The number of rotatable bonds is 13. The molecule has 0 fully saturated rings. The number of methoxy groups -OCH3 is 1. The molecule has 0 heterocycles. The summed E-state index contributed by atoms with van der Waals surface area (Å²) in [4.78, 5) is 19.5. The Morgan fingerprint density at radius 2 is 1.83 bits per heavy atom. The minimum Gasteiger partial charge on any atom is -0.497 e. The summed E-state index contributed by atoms with van der Waals surface area (Å²) in [6.45, 7) is 0.221. The van der Waals surface area contributed by atoms with Crippen molar-refractivity contribution in [1.29, 1.82) is 0 Å².